The van der Waals surface area contributed by atoms with Crippen molar-refractivity contribution in [1.29, 1.82) is 0 Å². The van der Waals surface area contributed by atoms with Crippen LogP contribution in [0.25, 0.3) is 0 Å². The predicted molar refractivity (Wildman–Crippen MR) is 59.8 cm³/mol. The number of aryl methyl sites for hydroxylation is 1. The highest BCUT2D eigenvalue weighted by molar-refractivity contribution is 5.44. The molecule has 2 rings (SSSR count). The van der Waals surface area contributed by atoms with Gasteiger partial charge in [-0.3, -0.25) is 4.68 Å². The number of rotatable bonds is 2. The SMILES string of the molecule is CCc1c(N)nn(C)c1C1CCOCC1. The summed E-state index contributed by atoms with van der Waals surface area (Å²) in [6.07, 6.45) is 3.14. The summed E-state index contributed by atoms with van der Waals surface area (Å²) in [4.78, 5) is 0. The number of aromatic nitrogens is 2. The summed E-state index contributed by atoms with van der Waals surface area (Å²) < 4.78 is 7.33. The lowest BCUT2D eigenvalue weighted by Gasteiger charge is -2.23. The fourth-order valence-corrected chi connectivity index (χ4v) is 2.45. The summed E-state index contributed by atoms with van der Waals surface area (Å²) in [6, 6.07) is 0. The number of anilines is 1. The molecule has 4 nitrogen and oxygen atoms in total. The minimum atomic E-state index is 0.573. The van der Waals surface area contributed by atoms with Crippen molar-refractivity contribution in [2.24, 2.45) is 7.05 Å². The third-order valence-corrected chi connectivity index (χ3v) is 3.19. The molecule has 0 radical (unpaired) electrons. The smallest absolute Gasteiger partial charge is 0.148 e. The van der Waals surface area contributed by atoms with Crippen molar-refractivity contribution in [2.75, 3.05) is 18.9 Å². The normalized spacial score (nSPS) is 18.3. The third kappa shape index (κ3) is 1.86. The summed E-state index contributed by atoms with van der Waals surface area (Å²) in [6.45, 7) is 3.86. The monoisotopic (exact) mass is 209 g/mol. The molecule has 2 N–H and O–H groups in total. The maximum atomic E-state index is 5.90. The van der Waals surface area contributed by atoms with E-state index in [-0.39, 0.29) is 0 Å². The summed E-state index contributed by atoms with van der Waals surface area (Å²) >= 11 is 0. The summed E-state index contributed by atoms with van der Waals surface area (Å²) in [5, 5.41) is 4.31. The molecule has 1 aliphatic heterocycles. The molecule has 0 spiro atoms. The van der Waals surface area contributed by atoms with Gasteiger partial charge in [-0.2, -0.15) is 5.10 Å². The van der Waals surface area contributed by atoms with Crippen LogP contribution in [0.3, 0.4) is 0 Å². The van der Waals surface area contributed by atoms with Gasteiger partial charge < -0.3 is 10.5 Å². The van der Waals surface area contributed by atoms with Crippen LogP contribution >= 0.6 is 0 Å². The Morgan fingerprint density at radius 2 is 2.13 bits per heavy atom. The Morgan fingerprint density at radius 1 is 1.47 bits per heavy atom. The topological polar surface area (TPSA) is 53.1 Å². The van der Waals surface area contributed by atoms with Crippen molar-refractivity contribution >= 4 is 5.82 Å². The summed E-state index contributed by atoms with van der Waals surface area (Å²) in [5.41, 5.74) is 8.44. The molecule has 0 aromatic carbocycles. The van der Waals surface area contributed by atoms with Crippen LogP contribution in [-0.4, -0.2) is 23.0 Å². The summed E-state index contributed by atoms with van der Waals surface area (Å²) in [5.74, 6) is 1.27. The van der Waals surface area contributed by atoms with Gasteiger partial charge in [0, 0.05) is 37.4 Å². The van der Waals surface area contributed by atoms with E-state index in [2.05, 4.69) is 12.0 Å². The van der Waals surface area contributed by atoms with Crippen LogP contribution in [0, 0.1) is 0 Å². The van der Waals surface area contributed by atoms with Crippen LogP contribution in [0.15, 0.2) is 0 Å². The lowest BCUT2D eigenvalue weighted by atomic mass is 9.92. The molecule has 0 saturated carbocycles. The van der Waals surface area contributed by atoms with Gasteiger partial charge in [-0.25, -0.2) is 0 Å². The van der Waals surface area contributed by atoms with E-state index >= 15 is 0 Å². The van der Waals surface area contributed by atoms with Crippen molar-refractivity contribution < 1.29 is 4.74 Å². The van der Waals surface area contributed by atoms with Crippen LogP contribution < -0.4 is 5.73 Å². The number of nitrogens with zero attached hydrogens (tertiary/aromatic N) is 2. The zero-order chi connectivity index (χ0) is 10.8. The zero-order valence-corrected chi connectivity index (χ0v) is 9.49. The first-order chi connectivity index (χ1) is 7.24. The van der Waals surface area contributed by atoms with Crippen molar-refractivity contribution in [2.45, 2.75) is 32.1 Å². The predicted octanol–water partition coefficient (Wildman–Crippen LogP) is 1.46. The van der Waals surface area contributed by atoms with E-state index in [0.717, 1.165) is 32.5 Å². The van der Waals surface area contributed by atoms with Crippen LogP contribution in [0.1, 0.15) is 36.9 Å². The Bertz CT molecular complexity index is 340. The lowest BCUT2D eigenvalue weighted by molar-refractivity contribution is 0.0835. The minimum absolute atomic E-state index is 0.573. The number of nitrogen functional groups attached to an aromatic ring is 1. The molecule has 0 unspecified atom stereocenters. The van der Waals surface area contributed by atoms with E-state index in [4.69, 9.17) is 10.5 Å². The number of nitrogens with two attached hydrogens (primary N) is 1. The van der Waals surface area contributed by atoms with E-state index in [9.17, 15) is 0 Å². The van der Waals surface area contributed by atoms with Gasteiger partial charge in [0.25, 0.3) is 0 Å². The maximum Gasteiger partial charge on any atom is 0.148 e. The fraction of sp³-hybridized carbons (Fsp3) is 0.727. The highest BCUT2D eigenvalue weighted by atomic mass is 16.5. The molecule has 1 aromatic rings. The van der Waals surface area contributed by atoms with Gasteiger partial charge >= 0.3 is 0 Å². The van der Waals surface area contributed by atoms with Crippen LogP contribution in [0.2, 0.25) is 0 Å². The van der Waals surface area contributed by atoms with Crippen molar-refractivity contribution in [3.63, 3.8) is 0 Å². The highest BCUT2D eigenvalue weighted by Gasteiger charge is 2.23. The van der Waals surface area contributed by atoms with Crippen LogP contribution in [0.5, 0.6) is 0 Å². The number of hydrogen-bond acceptors (Lipinski definition) is 3. The Kier molecular flexibility index (Phi) is 2.95. The Labute approximate surface area is 90.4 Å². The molecular weight excluding hydrogens is 190 g/mol. The average Bonchev–Trinajstić information content (AvgIpc) is 2.54. The van der Waals surface area contributed by atoms with Gasteiger partial charge in [-0.1, -0.05) is 6.92 Å². The second-order valence-electron chi connectivity index (χ2n) is 4.11. The molecule has 1 aliphatic rings. The quantitative estimate of drug-likeness (QED) is 0.802. The number of hydrogen-bond donors (Lipinski definition) is 1. The highest BCUT2D eigenvalue weighted by Crippen LogP contribution is 2.31. The average molecular weight is 209 g/mol. The van der Waals surface area contributed by atoms with Gasteiger partial charge in [0.05, 0.1) is 0 Å². The first-order valence-corrected chi connectivity index (χ1v) is 5.63. The number of ether oxygens (including phenoxy) is 1. The van der Waals surface area contributed by atoms with Gasteiger partial charge in [-0.15, -0.1) is 0 Å². The van der Waals surface area contributed by atoms with E-state index in [1.165, 1.54) is 11.3 Å². The van der Waals surface area contributed by atoms with E-state index in [1.807, 2.05) is 11.7 Å². The Morgan fingerprint density at radius 3 is 2.73 bits per heavy atom. The minimum Gasteiger partial charge on any atom is -0.382 e. The third-order valence-electron chi connectivity index (χ3n) is 3.19. The molecule has 0 bridgehead atoms. The Hall–Kier alpha value is -1.03. The van der Waals surface area contributed by atoms with Gasteiger partial charge in [0.1, 0.15) is 5.82 Å². The molecule has 0 atom stereocenters. The van der Waals surface area contributed by atoms with Crippen molar-refractivity contribution in [1.82, 2.24) is 9.78 Å². The van der Waals surface area contributed by atoms with E-state index in [1.54, 1.807) is 0 Å². The molecule has 1 fully saturated rings. The largest absolute Gasteiger partial charge is 0.382 e. The summed E-state index contributed by atoms with van der Waals surface area (Å²) in [7, 11) is 1.99. The molecule has 84 valence electrons. The van der Waals surface area contributed by atoms with E-state index in [0.29, 0.717) is 11.7 Å². The van der Waals surface area contributed by atoms with Crippen molar-refractivity contribution in [3.05, 3.63) is 11.3 Å². The first-order valence-electron chi connectivity index (χ1n) is 5.63. The molecule has 2 heterocycles. The van der Waals surface area contributed by atoms with Crippen LogP contribution in [-0.2, 0) is 18.2 Å². The van der Waals surface area contributed by atoms with Crippen LogP contribution in [0.4, 0.5) is 5.82 Å². The van der Waals surface area contributed by atoms with Crippen molar-refractivity contribution in [3.8, 4) is 0 Å². The molecule has 15 heavy (non-hydrogen) atoms. The van der Waals surface area contributed by atoms with E-state index < -0.39 is 0 Å². The molecule has 1 saturated heterocycles. The van der Waals surface area contributed by atoms with Gasteiger partial charge in [0.2, 0.25) is 0 Å². The molecule has 1 aromatic heterocycles. The Balaban J connectivity index is 2.32. The molecule has 0 amide bonds. The zero-order valence-electron chi connectivity index (χ0n) is 9.49. The lowest BCUT2D eigenvalue weighted by Crippen LogP contribution is -2.17. The molecule has 0 aliphatic carbocycles. The first kappa shape index (κ1) is 10.5. The van der Waals surface area contributed by atoms with Gasteiger partial charge in [-0.05, 0) is 19.3 Å². The molecule has 4 heteroatoms. The fourth-order valence-electron chi connectivity index (χ4n) is 2.45. The molecular formula is C11H19N3O. The maximum absolute atomic E-state index is 5.90. The second-order valence-corrected chi connectivity index (χ2v) is 4.11. The van der Waals surface area contributed by atoms with Gasteiger partial charge in [0.15, 0.2) is 0 Å². The second kappa shape index (κ2) is 4.23. The standard InChI is InChI=1S/C11H19N3O/c1-3-9-10(14(2)13-11(9)12)8-4-6-15-7-5-8/h8H,3-7H2,1-2H3,(H2,12,13).